The number of aromatic hydroxyl groups is 1. The highest BCUT2D eigenvalue weighted by atomic mass is 19.1. The Hall–Kier alpha value is -1.83. The monoisotopic (exact) mass is 256 g/mol. The zero-order valence-electron chi connectivity index (χ0n) is 11.0. The summed E-state index contributed by atoms with van der Waals surface area (Å²) in [4.78, 5) is 0. The highest BCUT2D eigenvalue weighted by Gasteiger charge is 2.18. The minimum absolute atomic E-state index is 0.246. The summed E-state index contributed by atoms with van der Waals surface area (Å²) in [5.41, 5.74) is 5.72. The van der Waals surface area contributed by atoms with E-state index >= 15 is 0 Å². The fourth-order valence-corrected chi connectivity index (χ4v) is 2.89. The average Bonchev–Trinajstić information content (AvgIpc) is 2.40. The second-order valence-corrected chi connectivity index (χ2v) is 5.20. The van der Waals surface area contributed by atoms with Crippen LogP contribution in [-0.4, -0.2) is 5.11 Å². The summed E-state index contributed by atoms with van der Waals surface area (Å²) in [6.07, 6.45) is 4.05. The Labute approximate surface area is 112 Å². The van der Waals surface area contributed by atoms with Crippen LogP contribution >= 0.6 is 0 Å². The third kappa shape index (κ3) is 2.12. The summed E-state index contributed by atoms with van der Waals surface area (Å²) in [7, 11) is 0. The van der Waals surface area contributed by atoms with E-state index in [1.807, 2.05) is 0 Å². The van der Waals surface area contributed by atoms with Gasteiger partial charge in [0.05, 0.1) is 0 Å². The maximum Gasteiger partial charge on any atom is 0.165 e. The summed E-state index contributed by atoms with van der Waals surface area (Å²) in [6, 6.07) is 9.49. The van der Waals surface area contributed by atoms with Gasteiger partial charge in [0.2, 0.25) is 0 Å². The van der Waals surface area contributed by atoms with Crippen LogP contribution in [0.2, 0.25) is 0 Å². The minimum Gasteiger partial charge on any atom is -0.505 e. The summed E-state index contributed by atoms with van der Waals surface area (Å²) >= 11 is 0. The van der Waals surface area contributed by atoms with Gasteiger partial charge >= 0.3 is 0 Å². The standard InChI is InChI=1S/C17H17FO/c1-2-3-11-4-7-14-12(8-11)5-6-13-9-17(19)16(18)10-15(13)14/h4,7-10,19H,2-3,5-6H2,1H3. The molecule has 0 amide bonds. The molecule has 98 valence electrons. The zero-order valence-corrected chi connectivity index (χ0v) is 11.0. The Morgan fingerprint density at radius 1 is 1.05 bits per heavy atom. The number of phenolic OH excluding ortho intramolecular Hbond substituents is 1. The number of aryl methyl sites for hydroxylation is 3. The molecule has 0 unspecified atom stereocenters. The summed E-state index contributed by atoms with van der Waals surface area (Å²) < 4.78 is 13.6. The van der Waals surface area contributed by atoms with Crippen LogP contribution in [-0.2, 0) is 19.3 Å². The van der Waals surface area contributed by atoms with Crippen LogP contribution in [0.3, 0.4) is 0 Å². The highest BCUT2D eigenvalue weighted by Crippen LogP contribution is 2.37. The van der Waals surface area contributed by atoms with E-state index in [0.29, 0.717) is 0 Å². The first-order valence-corrected chi connectivity index (χ1v) is 6.82. The van der Waals surface area contributed by atoms with Gasteiger partial charge in [-0.15, -0.1) is 0 Å². The summed E-state index contributed by atoms with van der Waals surface area (Å²) in [6.45, 7) is 2.17. The van der Waals surface area contributed by atoms with E-state index in [9.17, 15) is 9.50 Å². The number of fused-ring (bicyclic) bond motifs is 3. The van der Waals surface area contributed by atoms with Gasteiger partial charge in [-0.3, -0.25) is 0 Å². The van der Waals surface area contributed by atoms with Crippen molar-refractivity contribution in [2.45, 2.75) is 32.6 Å². The predicted octanol–water partition coefficient (Wildman–Crippen LogP) is 4.25. The second-order valence-electron chi connectivity index (χ2n) is 5.20. The van der Waals surface area contributed by atoms with Crippen molar-refractivity contribution >= 4 is 0 Å². The molecule has 1 N–H and O–H groups in total. The van der Waals surface area contributed by atoms with Crippen LogP contribution in [0.15, 0.2) is 30.3 Å². The third-order valence-corrected chi connectivity index (χ3v) is 3.83. The molecular formula is C17H17FO. The highest BCUT2D eigenvalue weighted by molar-refractivity contribution is 5.74. The van der Waals surface area contributed by atoms with Crippen LogP contribution < -0.4 is 0 Å². The summed E-state index contributed by atoms with van der Waals surface area (Å²) in [5, 5.41) is 9.46. The minimum atomic E-state index is -0.538. The van der Waals surface area contributed by atoms with Crippen LogP contribution in [0.5, 0.6) is 5.75 Å². The molecule has 0 radical (unpaired) electrons. The van der Waals surface area contributed by atoms with Crippen molar-refractivity contribution in [3.63, 3.8) is 0 Å². The van der Waals surface area contributed by atoms with Gasteiger partial charge in [-0.2, -0.15) is 0 Å². The number of halogens is 1. The van der Waals surface area contributed by atoms with Gasteiger partial charge in [-0.25, -0.2) is 4.39 Å². The van der Waals surface area contributed by atoms with Crippen molar-refractivity contribution in [3.8, 4) is 16.9 Å². The molecule has 0 aliphatic heterocycles. The van der Waals surface area contributed by atoms with E-state index in [0.717, 1.165) is 42.4 Å². The largest absolute Gasteiger partial charge is 0.505 e. The first kappa shape index (κ1) is 12.2. The Kier molecular flexibility index (Phi) is 3.02. The van der Waals surface area contributed by atoms with Crippen LogP contribution in [0.4, 0.5) is 4.39 Å². The molecule has 0 aromatic heterocycles. The Balaban J connectivity index is 2.11. The van der Waals surface area contributed by atoms with E-state index < -0.39 is 5.82 Å². The quantitative estimate of drug-likeness (QED) is 0.851. The molecule has 0 heterocycles. The first-order valence-electron chi connectivity index (χ1n) is 6.82. The van der Waals surface area contributed by atoms with Crippen molar-refractivity contribution in [2.75, 3.05) is 0 Å². The molecule has 19 heavy (non-hydrogen) atoms. The first-order chi connectivity index (χ1) is 9.19. The SMILES string of the molecule is CCCc1ccc2c(c1)CCc1cc(O)c(F)cc1-2. The molecule has 0 spiro atoms. The van der Waals surface area contributed by atoms with Gasteiger partial charge in [0.15, 0.2) is 11.6 Å². The van der Waals surface area contributed by atoms with Gasteiger partial charge in [0.25, 0.3) is 0 Å². The Morgan fingerprint density at radius 3 is 2.53 bits per heavy atom. The fourth-order valence-electron chi connectivity index (χ4n) is 2.89. The number of hydrogen-bond acceptors (Lipinski definition) is 1. The molecule has 3 rings (SSSR count). The number of phenols is 1. The van der Waals surface area contributed by atoms with E-state index in [1.165, 1.54) is 17.2 Å². The van der Waals surface area contributed by atoms with Crippen molar-refractivity contribution in [1.82, 2.24) is 0 Å². The molecule has 0 saturated carbocycles. The van der Waals surface area contributed by atoms with Crippen LogP contribution in [0.1, 0.15) is 30.0 Å². The lowest BCUT2D eigenvalue weighted by Crippen LogP contribution is -2.05. The van der Waals surface area contributed by atoms with Gasteiger partial charge in [-0.1, -0.05) is 31.5 Å². The molecule has 0 fully saturated rings. The number of hydrogen-bond donors (Lipinski definition) is 1. The average molecular weight is 256 g/mol. The zero-order chi connectivity index (χ0) is 13.4. The molecule has 1 nitrogen and oxygen atoms in total. The van der Waals surface area contributed by atoms with Crippen molar-refractivity contribution in [3.05, 3.63) is 52.8 Å². The van der Waals surface area contributed by atoms with E-state index in [2.05, 4.69) is 25.1 Å². The molecule has 1 aliphatic carbocycles. The van der Waals surface area contributed by atoms with Crippen LogP contribution in [0, 0.1) is 5.82 Å². The lowest BCUT2D eigenvalue weighted by molar-refractivity contribution is 0.431. The molecule has 1 aliphatic rings. The van der Waals surface area contributed by atoms with Crippen molar-refractivity contribution < 1.29 is 9.50 Å². The molecule has 2 aromatic rings. The van der Waals surface area contributed by atoms with Crippen molar-refractivity contribution in [2.24, 2.45) is 0 Å². The lowest BCUT2D eigenvalue weighted by atomic mass is 9.84. The molecule has 2 aromatic carbocycles. The maximum absolute atomic E-state index is 13.6. The molecule has 2 heteroatoms. The Morgan fingerprint density at radius 2 is 1.79 bits per heavy atom. The van der Waals surface area contributed by atoms with Gasteiger partial charge < -0.3 is 5.11 Å². The van der Waals surface area contributed by atoms with Gasteiger partial charge in [-0.05, 0) is 59.2 Å². The fraction of sp³-hybridized carbons (Fsp3) is 0.294. The molecular weight excluding hydrogens is 239 g/mol. The van der Waals surface area contributed by atoms with Gasteiger partial charge in [0.1, 0.15) is 0 Å². The topological polar surface area (TPSA) is 20.2 Å². The van der Waals surface area contributed by atoms with E-state index in [-0.39, 0.29) is 5.75 Å². The maximum atomic E-state index is 13.6. The molecule has 0 atom stereocenters. The van der Waals surface area contributed by atoms with E-state index in [4.69, 9.17) is 0 Å². The number of rotatable bonds is 2. The summed E-state index contributed by atoms with van der Waals surface area (Å²) in [5.74, 6) is -0.783. The lowest BCUT2D eigenvalue weighted by Gasteiger charge is -2.21. The smallest absolute Gasteiger partial charge is 0.165 e. The van der Waals surface area contributed by atoms with Crippen molar-refractivity contribution in [1.29, 1.82) is 0 Å². The molecule has 0 bridgehead atoms. The number of benzene rings is 2. The predicted molar refractivity (Wildman–Crippen MR) is 74.9 cm³/mol. The van der Waals surface area contributed by atoms with Gasteiger partial charge in [0, 0.05) is 0 Å². The molecule has 0 saturated heterocycles. The normalized spacial score (nSPS) is 12.9. The second kappa shape index (κ2) is 4.69. The van der Waals surface area contributed by atoms with Crippen LogP contribution in [0.25, 0.3) is 11.1 Å². The third-order valence-electron chi connectivity index (χ3n) is 3.83. The van der Waals surface area contributed by atoms with E-state index in [1.54, 1.807) is 6.07 Å². The Bertz CT molecular complexity index is 631.